The molecule has 3 heteroatoms. The molecular weight excluding hydrogens is 206 g/mol. The first-order valence-electron chi connectivity index (χ1n) is 4.62. The maximum atomic E-state index is 12.7. The normalized spacial score (nSPS) is 20.6. The third kappa shape index (κ3) is 1.76. The Labute approximate surface area is 86.9 Å². The third-order valence-electron chi connectivity index (χ3n) is 2.68. The molecular formula is C11H11ClF2. The first-order valence-corrected chi connectivity index (χ1v) is 5.00. The Bertz CT molecular complexity index is 352. The highest BCUT2D eigenvalue weighted by atomic mass is 35.5. The monoisotopic (exact) mass is 216 g/mol. The molecule has 1 aromatic carbocycles. The van der Waals surface area contributed by atoms with Gasteiger partial charge >= 0.3 is 0 Å². The van der Waals surface area contributed by atoms with Gasteiger partial charge in [-0.05, 0) is 24.5 Å². The van der Waals surface area contributed by atoms with Gasteiger partial charge in [0.2, 0.25) is 5.92 Å². The van der Waals surface area contributed by atoms with Gasteiger partial charge in [0, 0.05) is 17.9 Å². The van der Waals surface area contributed by atoms with Crippen LogP contribution in [0.25, 0.3) is 0 Å². The predicted octanol–water partition coefficient (Wildman–Crippen LogP) is 4.16. The van der Waals surface area contributed by atoms with E-state index < -0.39 is 5.92 Å². The van der Waals surface area contributed by atoms with Gasteiger partial charge in [0.25, 0.3) is 0 Å². The molecule has 1 aliphatic carbocycles. The first kappa shape index (κ1) is 9.91. The van der Waals surface area contributed by atoms with Gasteiger partial charge in [0.05, 0.1) is 0 Å². The molecule has 0 atom stereocenters. The van der Waals surface area contributed by atoms with Gasteiger partial charge in [0.1, 0.15) is 0 Å². The van der Waals surface area contributed by atoms with Crippen LogP contribution in [0, 0.1) is 6.92 Å². The SMILES string of the molecule is Cc1ccc(Cl)c(C2CC(F)(F)C2)c1. The molecule has 0 bridgehead atoms. The fraction of sp³-hybridized carbons (Fsp3) is 0.455. The Balaban J connectivity index is 2.22. The van der Waals surface area contributed by atoms with Crippen LogP contribution in [0.3, 0.4) is 0 Å². The summed E-state index contributed by atoms with van der Waals surface area (Å²) in [5, 5.41) is 0.608. The van der Waals surface area contributed by atoms with E-state index in [1.807, 2.05) is 19.1 Å². The molecule has 0 amide bonds. The molecule has 1 aliphatic rings. The number of hydrogen-bond acceptors (Lipinski definition) is 0. The molecule has 1 fully saturated rings. The highest BCUT2D eigenvalue weighted by Crippen LogP contribution is 2.49. The summed E-state index contributed by atoms with van der Waals surface area (Å²) < 4.78 is 25.3. The van der Waals surface area contributed by atoms with Crippen LogP contribution in [0.15, 0.2) is 18.2 Å². The molecule has 1 saturated carbocycles. The summed E-state index contributed by atoms with van der Waals surface area (Å²) in [4.78, 5) is 0. The van der Waals surface area contributed by atoms with Crippen LogP contribution >= 0.6 is 11.6 Å². The molecule has 0 heterocycles. The van der Waals surface area contributed by atoms with E-state index in [4.69, 9.17) is 11.6 Å². The minimum atomic E-state index is -2.47. The van der Waals surface area contributed by atoms with E-state index in [1.165, 1.54) is 0 Å². The largest absolute Gasteiger partial charge is 0.249 e. The number of halogens is 3. The van der Waals surface area contributed by atoms with Crippen LogP contribution in [-0.4, -0.2) is 5.92 Å². The minimum absolute atomic E-state index is 0.0580. The summed E-state index contributed by atoms with van der Waals surface area (Å²) in [6.45, 7) is 1.94. The summed E-state index contributed by atoms with van der Waals surface area (Å²) in [5.41, 5.74) is 1.94. The average Bonchev–Trinajstić information content (AvgIpc) is 2.05. The Hall–Kier alpha value is -0.630. The molecule has 0 nitrogen and oxygen atoms in total. The van der Waals surface area contributed by atoms with Gasteiger partial charge in [-0.1, -0.05) is 29.3 Å². The molecule has 0 aromatic heterocycles. The van der Waals surface area contributed by atoms with Crippen molar-refractivity contribution in [3.63, 3.8) is 0 Å². The second kappa shape index (κ2) is 3.20. The molecule has 2 rings (SSSR count). The van der Waals surface area contributed by atoms with Crippen LogP contribution in [0.2, 0.25) is 5.02 Å². The Morgan fingerprint density at radius 3 is 2.57 bits per heavy atom. The summed E-state index contributed by atoms with van der Waals surface area (Å²) in [7, 11) is 0. The van der Waals surface area contributed by atoms with Crippen molar-refractivity contribution in [2.24, 2.45) is 0 Å². The van der Waals surface area contributed by atoms with Gasteiger partial charge in [-0.2, -0.15) is 0 Å². The van der Waals surface area contributed by atoms with E-state index in [9.17, 15) is 8.78 Å². The first-order chi connectivity index (χ1) is 6.48. The van der Waals surface area contributed by atoms with Gasteiger partial charge < -0.3 is 0 Å². The van der Waals surface area contributed by atoms with Crippen molar-refractivity contribution >= 4 is 11.6 Å². The van der Waals surface area contributed by atoms with Crippen molar-refractivity contribution in [1.82, 2.24) is 0 Å². The van der Waals surface area contributed by atoms with Gasteiger partial charge in [-0.15, -0.1) is 0 Å². The van der Waals surface area contributed by atoms with Crippen molar-refractivity contribution in [2.45, 2.75) is 31.6 Å². The molecule has 0 unspecified atom stereocenters. The maximum absolute atomic E-state index is 12.7. The fourth-order valence-electron chi connectivity index (χ4n) is 1.86. The van der Waals surface area contributed by atoms with E-state index in [0.717, 1.165) is 11.1 Å². The van der Waals surface area contributed by atoms with Crippen molar-refractivity contribution in [2.75, 3.05) is 0 Å². The molecule has 0 N–H and O–H groups in total. The number of hydrogen-bond donors (Lipinski definition) is 0. The molecule has 0 spiro atoms. The standard InChI is InChI=1S/C11H11ClF2/c1-7-2-3-10(12)9(4-7)8-5-11(13,14)6-8/h2-4,8H,5-6H2,1H3. The lowest BCUT2D eigenvalue weighted by atomic mass is 9.76. The topological polar surface area (TPSA) is 0 Å². The van der Waals surface area contributed by atoms with Crippen LogP contribution in [0.5, 0.6) is 0 Å². The van der Waals surface area contributed by atoms with Crippen LogP contribution in [0.1, 0.15) is 29.9 Å². The van der Waals surface area contributed by atoms with Crippen LogP contribution in [0.4, 0.5) is 8.78 Å². The van der Waals surface area contributed by atoms with Crippen LogP contribution in [-0.2, 0) is 0 Å². The lowest BCUT2D eigenvalue weighted by molar-refractivity contribution is -0.0867. The third-order valence-corrected chi connectivity index (χ3v) is 3.03. The number of aryl methyl sites for hydroxylation is 1. The second-order valence-electron chi connectivity index (χ2n) is 3.99. The average molecular weight is 217 g/mol. The molecule has 0 aliphatic heterocycles. The Morgan fingerprint density at radius 1 is 1.36 bits per heavy atom. The highest BCUT2D eigenvalue weighted by Gasteiger charge is 2.46. The lowest BCUT2D eigenvalue weighted by Gasteiger charge is -2.35. The molecule has 0 saturated heterocycles. The summed E-state index contributed by atoms with van der Waals surface area (Å²) in [5.74, 6) is -2.53. The smallest absolute Gasteiger partial charge is 0.207 e. The molecule has 14 heavy (non-hydrogen) atoms. The second-order valence-corrected chi connectivity index (χ2v) is 4.39. The van der Waals surface area contributed by atoms with E-state index >= 15 is 0 Å². The van der Waals surface area contributed by atoms with Gasteiger partial charge in [-0.3, -0.25) is 0 Å². The lowest BCUT2D eigenvalue weighted by Crippen LogP contribution is -2.33. The maximum Gasteiger partial charge on any atom is 0.249 e. The van der Waals surface area contributed by atoms with Crippen molar-refractivity contribution in [1.29, 1.82) is 0 Å². The fourth-order valence-corrected chi connectivity index (χ4v) is 2.13. The van der Waals surface area contributed by atoms with Gasteiger partial charge in [0.15, 0.2) is 0 Å². The van der Waals surface area contributed by atoms with Crippen molar-refractivity contribution < 1.29 is 8.78 Å². The van der Waals surface area contributed by atoms with Crippen molar-refractivity contribution in [3.8, 4) is 0 Å². The number of rotatable bonds is 1. The zero-order valence-corrected chi connectivity index (χ0v) is 8.61. The zero-order valence-electron chi connectivity index (χ0n) is 7.86. The Kier molecular flexibility index (Phi) is 2.26. The summed E-state index contributed by atoms with van der Waals surface area (Å²) in [6, 6.07) is 5.58. The quantitative estimate of drug-likeness (QED) is 0.661. The highest BCUT2D eigenvalue weighted by molar-refractivity contribution is 6.31. The Morgan fingerprint density at radius 2 is 2.00 bits per heavy atom. The molecule has 1 aromatic rings. The van der Waals surface area contributed by atoms with E-state index in [2.05, 4.69) is 0 Å². The minimum Gasteiger partial charge on any atom is -0.207 e. The number of benzene rings is 1. The van der Waals surface area contributed by atoms with E-state index in [-0.39, 0.29) is 18.8 Å². The molecule has 0 radical (unpaired) electrons. The van der Waals surface area contributed by atoms with E-state index in [1.54, 1.807) is 6.07 Å². The van der Waals surface area contributed by atoms with Gasteiger partial charge in [-0.25, -0.2) is 8.78 Å². The van der Waals surface area contributed by atoms with E-state index in [0.29, 0.717) is 5.02 Å². The summed E-state index contributed by atoms with van der Waals surface area (Å²) >= 11 is 5.95. The zero-order chi connectivity index (χ0) is 10.3. The molecule has 76 valence electrons. The van der Waals surface area contributed by atoms with Crippen LogP contribution < -0.4 is 0 Å². The number of alkyl halides is 2. The van der Waals surface area contributed by atoms with Crippen molar-refractivity contribution in [3.05, 3.63) is 34.3 Å². The summed E-state index contributed by atoms with van der Waals surface area (Å²) in [6.07, 6.45) is -0.119. The predicted molar refractivity (Wildman–Crippen MR) is 53.1 cm³/mol.